The molecular weight excluding hydrogens is 749 g/mol. The predicted molar refractivity (Wildman–Crippen MR) is 226 cm³/mol. The zero-order valence-corrected chi connectivity index (χ0v) is 34.1. The molecule has 0 fully saturated rings. The molecule has 0 radical (unpaired) electrons. The third-order valence-electron chi connectivity index (χ3n) is 9.94. The third kappa shape index (κ3) is 8.28. The normalized spacial score (nSPS) is 13.1. The number of ether oxygens (including phenoxy) is 1. The Bertz CT molecular complexity index is 2510. The summed E-state index contributed by atoms with van der Waals surface area (Å²) in [5, 5.41) is 11.8. The lowest BCUT2D eigenvalue weighted by atomic mass is 9.77. The molecule has 0 bridgehead atoms. The van der Waals surface area contributed by atoms with Gasteiger partial charge in [0.15, 0.2) is 0 Å². The van der Waals surface area contributed by atoms with Gasteiger partial charge >= 0.3 is 6.09 Å². The highest BCUT2D eigenvalue weighted by Crippen LogP contribution is 2.42. The Kier molecular flexibility index (Phi) is 10.8. The maximum Gasteiger partial charge on any atom is 0.408 e. The van der Waals surface area contributed by atoms with Crippen LogP contribution in [-0.2, 0) is 32.3 Å². The van der Waals surface area contributed by atoms with E-state index >= 15 is 0 Å². The number of hydrogen-bond acceptors (Lipinski definition) is 8. The zero-order valence-electron chi connectivity index (χ0n) is 33.3. The zero-order chi connectivity index (χ0) is 41.1. The van der Waals surface area contributed by atoms with Gasteiger partial charge in [0.25, 0.3) is 0 Å². The summed E-state index contributed by atoms with van der Waals surface area (Å²) in [6.07, 6.45) is 4.59. The van der Waals surface area contributed by atoms with E-state index in [-0.39, 0.29) is 11.8 Å². The summed E-state index contributed by atoms with van der Waals surface area (Å²) in [6.45, 7) is 7.17. The Balaban J connectivity index is 1.36. The highest BCUT2D eigenvalue weighted by molar-refractivity contribution is 7.92. The SMILES string of the molecule is CN(c1cc(-c2cn(C(c3ccccc3)(c3ccccc3)c3ccccc3)cn2)cc(-c2nnc([C@@](C)(Cc3ccccc3)NC(=O)OC(C)(C)C)o2)c1)S(C)(=O)=O. The molecule has 2 aromatic heterocycles. The Labute approximate surface area is 339 Å². The van der Waals surface area contributed by atoms with Crippen LogP contribution in [0.25, 0.3) is 22.7 Å². The van der Waals surface area contributed by atoms with Crippen LogP contribution in [0.3, 0.4) is 0 Å². The van der Waals surface area contributed by atoms with Crippen LogP contribution in [0.15, 0.2) is 156 Å². The molecule has 0 aliphatic carbocycles. The first-order chi connectivity index (χ1) is 27.7. The molecule has 58 heavy (non-hydrogen) atoms. The van der Waals surface area contributed by atoms with E-state index in [0.29, 0.717) is 28.9 Å². The average molecular weight is 795 g/mol. The summed E-state index contributed by atoms with van der Waals surface area (Å²) in [4.78, 5) is 18.1. The van der Waals surface area contributed by atoms with Gasteiger partial charge in [0, 0.05) is 30.8 Å². The van der Waals surface area contributed by atoms with Crippen LogP contribution in [0.2, 0.25) is 0 Å². The van der Waals surface area contributed by atoms with Gasteiger partial charge in [-0.1, -0.05) is 121 Å². The van der Waals surface area contributed by atoms with Crippen LogP contribution in [0.4, 0.5) is 10.5 Å². The van der Waals surface area contributed by atoms with Crippen molar-refractivity contribution in [3.63, 3.8) is 0 Å². The average Bonchev–Trinajstić information content (AvgIpc) is 3.91. The van der Waals surface area contributed by atoms with Gasteiger partial charge < -0.3 is 19.0 Å². The lowest BCUT2D eigenvalue weighted by Gasteiger charge is -2.37. The van der Waals surface area contributed by atoms with Gasteiger partial charge in [0.05, 0.1) is 24.0 Å². The van der Waals surface area contributed by atoms with E-state index in [4.69, 9.17) is 14.1 Å². The summed E-state index contributed by atoms with van der Waals surface area (Å²) >= 11 is 0. The predicted octanol–water partition coefficient (Wildman–Crippen LogP) is 8.82. The van der Waals surface area contributed by atoms with E-state index < -0.39 is 32.8 Å². The number of carbonyl (C=O) groups excluding carboxylic acids is 1. The molecule has 296 valence electrons. The van der Waals surface area contributed by atoms with Gasteiger partial charge in [-0.05, 0) is 68.1 Å². The first-order valence-electron chi connectivity index (χ1n) is 18.9. The molecule has 0 spiro atoms. The van der Waals surface area contributed by atoms with Crippen molar-refractivity contribution in [2.45, 2.75) is 50.8 Å². The van der Waals surface area contributed by atoms with Crippen molar-refractivity contribution in [2.75, 3.05) is 17.6 Å². The topological polar surface area (TPSA) is 132 Å². The number of imidazole rings is 1. The molecule has 11 nitrogen and oxygen atoms in total. The quantitative estimate of drug-likeness (QED) is 0.121. The number of sulfonamides is 1. The highest BCUT2D eigenvalue weighted by Gasteiger charge is 2.39. The molecular formula is C46H46N6O5S. The second kappa shape index (κ2) is 15.8. The Morgan fingerprint density at radius 3 is 1.79 bits per heavy atom. The Hall–Kier alpha value is -6.53. The largest absolute Gasteiger partial charge is 0.444 e. The number of anilines is 1. The fraction of sp³-hybridized carbons (Fsp3) is 0.217. The van der Waals surface area contributed by atoms with Gasteiger partial charge in [-0.2, -0.15) is 0 Å². The molecule has 0 unspecified atom stereocenters. The second-order valence-corrected chi connectivity index (χ2v) is 17.5. The van der Waals surface area contributed by atoms with Crippen LogP contribution >= 0.6 is 0 Å². The number of carbonyl (C=O) groups is 1. The van der Waals surface area contributed by atoms with E-state index in [0.717, 1.165) is 28.5 Å². The maximum atomic E-state index is 13.2. The lowest BCUT2D eigenvalue weighted by molar-refractivity contribution is 0.0443. The van der Waals surface area contributed by atoms with Crippen molar-refractivity contribution in [3.8, 4) is 22.7 Å². The Morgan fingerprint density at radius 2 is 1.28 bits per heavy atom. The maximum absolute atomic E-state index is 13.2. The number of rotatable bonds is 12. The second-order valence-electron chi connectivity index (χ2n) is 15.5. The molecule has 1 amide bonds. The van der Waals surface area contributed by atoms with E-state index in [1.807, 2.05) is 97.2 Å². The molecule has 0 saturated heterocycles. The number of aromatic nitrogens is 4. The standard InChI is InChI=1S/C46H46N6O5S/c1-44(2,3)57-43(53)48-45(4,30-33-19-11-7-12-20-33)42-50-49-41(56-42)35-27-34(28-39(29-35)51(5)58(6,54)55)40-31-52(32-47-40)46(36-21-13-8-14-22-36,37-23-15-9-16-24-37)38-25-17-10-18-26-38/h7-29,31-32H,30H2,1-6H3,(H,48,53)/t45-/m1/s1. The van der Waals surface area contributed by atoms with Crippen molar-refractivity contribution in [2.24, 2.45) is 0 Å². The highest BCUT2D eigenvalue weighted by atomic mass is 32.2. The van der Waals surface area contributed by atoms with Crippen molar-refractivity contribution < 1.29 is 22.4 Å². The number of hydrogen-bond donors (Lipinski definition) is 1. The monoisotopic (exact) mass is 794 g/mol. The number of nitrogens with zero attached hydrogens (tertiary/aromatic N) is 5. The van der Waals surface area contributed by atoms with E-state index in [1.54, 1.807) is 46.2 Å². The molecule has 5 aromatic carbocycles. The fourth-order valence-corrected chi connectivity index (χ4v) is 7.65. The minimum atomic E-state index is -3.68. The van der Waals surface area contributed by atoms with Crippen LogP contribution in [0.1, 0.15) is 55.8 Å². The first kappa shape index (κ1) is 39.7. The van der Waals surface area contributed by atoms with Gasteiger partial charge in [-0.3, -0.25) is 4.31 Å². The van der Waals surface area contributed by atoms with Crippen LogP contribution in [-0.4, -0.2) is 53.2 Å². The van der Waals surface area contributed by atoms with E-state index in [9.17, 15) is 13.2 Å². The fourth-order valence-electron chi connectivity index (χ4n) is 7.17. The first-order valence-corrected chi connectivity index (χ1v) is 20.7. The molecule has 0 saturated carbocycles. The summed E-state index contributed by atoms with van der Waals surface area (Å²) in [6, 6.07) is 45.7. The minimum absolute atomic E-state index is 0.122. The van der Waals surface area contributed by atoms with Crippen molar-refractivity contribution in [3.05, 3.63) is 180 Å². The van der Waals surface area contributed by atoms with Gasteiger partial charge in [-0.15, -0.1) is 10.2 Å². The Morgan fingerprint density at radius 1 is 0.759 bits per heavy atom. The number of amides is 1. The summed E-state index contributed by atoms with van der Waals surface area (Å²) in [5.41, 5.74) is 3.29. The summed E-state index contributed by atoms with van der Waals surface area (Å²) < 4.78 is 41.2. The van der Waals surface area contributed by atoms with Gasteiger partial charge in [-0.25, -0.2) is 18.2 Å². The molecule has 7 rings (SSSR count). The van der Waals surface area contributed by atoms with Crippen molar-refractivity contribution in [1.82, 2.24) is 25.1 Å². The molecule has 0 aliphatic rings. The number of alkyl carbamates (subject to hydrolysis) is 1. The minimum Gasteiger partial charge on any atom is -0.444 e. The van der Waals surface area contributed by atoms with E-state index in [2.05, 4.69) is 56.5 Å². The molecule has 2 heterocycles. The van der Waals surface area contributed by atoms with E-state index in [1.165, 1.54) is 11.4 Å². The van der Waals surface area contributed by atoms with Gasteiger partial charge in [0.2, 0.25) is 21.8 Å². The van der Waals surface area contributed by atoms with Crippen LogP contribution in [0, 0.1) is 0 Å². The summed E-state index contributed by atoms with van der Waals surface area (Å²) in [5.74, 6) is 0.264. The molecule has 1 N–H and O–H groups in total. The molecule has 0 aliphatic heterocycles. The van der Waals surface area contributed by atoms with Gasteiger partial charge in [0.1, 0.15) is 16.7 Å². The number of nitrogens with one attached hydrogen (secondary N) is 1. The molecule has 7 aromatic rings. The number of benzene rings is 5. The lowest BCUT2D eigenvalue weighted by Crippen LogP contribution is -2.47. The summed E-state index contributed by atoms with van der Waals surface area (Å²) in [7, 11) is -2.19. The van der Waals surface area contributed by atoms with Crippen LogP contribution < -0.4 is 9.62 Å². The van der Waals surface area contributed by atoms with Crippen molar-refractivity contribution >= 4 is 21.8 Å². The van der Waals surface area contributed by atoms with Crippen molar-refractivity contribution in [1.29, 1.82) is 0 Å². The smallest absolute Gasteiger partial charge is 0.408 e. The third-order valence-corrected chi connectivity index (χ3v) is 11.1. The molecule has 1 atom stereocenters. The molecule has 12 heteroatoms. The van der Waals surface area contributed by atoms with Crippen LogP contribution in [0.5, 0.6) is 0 Å².